The molecule has 4 aliphatic heterocycles. The normalized spacial score (nSPS) is 36.1. The first kappa shape index (κ1) is 22.0. The molecule has 0 radical (unpaired) electrons. The van der Waals surface area contributed by atoms with Crippen molar-refractivity contribution < 1.29 is 29.0 Å². The summed E-state index contributed by atoms with van der Waals surface area (Å²) in [7, 11) is 0. The maximum absolute atomic E-state index is 13.7. The van der Waals surface area contributed by atoms with Crippen LogP contribution in [0.4, 0.5) is 0 Å². The number of unbranched alkanes of at least 4 members (excludes halogenated alkanes) is 1. The Bertz CT molecular complexity index is 780. The number of likely N-dealkylation sites (tertiary alicyclic amines) is 1. The highest BCUT2D eigenvalue weighted by molar-refractivity contribution is 5.99. The van der Waals surface area contributed by atoms with Crippen LogP contribution in [0.3, 0.4) is 0 Å². The third-order valence-electron chi connectivity index (χ3n) is 6.77. The van der Waals surface area contributed by atoms with Gasteiger partial charge < -0.3 is 24.4 Å². The maximum atomic E-state index is 13.7. The lowest BCUT2D eigenvalue weighted by molar-refractivity contribution is -0.154. The summed E-state index contributed by atoms with van der Waals surface area (Å²) in [6, 6.07) is -0.844. The van der Waals surface area contributed by atoms with Crippen LogP contribution in [0.5, 0.6) is 0 Å². The summed E-state index contributed by atoms with van der Waals surface area (Å²) < 4.78 is 11.9. The highest BCUT2D eigenvalue weighted by Gasteiger charge is 2.71. The number of fused-ring (bicyclic) bond motifs is 2. The zero-order valence-electron chi connectivity index (χ0n) is 18.1. The molecule has 1 spiro atoms. The predicted octanol–water partition coefficient (Wildman–Crippen LogP) is 1.04. The number of hydrogen-bond acceptors (Lipinski definition) is 6. The van der Waals surface area contributed by atoms with Crippen LogP contribution in [0.2, 0.25) is 0 Å². The van der Waals surface area contributed by atoms with Gasteiger partial charge in [0.1, 0.15) is 17.6 Å². The molecule has 4 rings (SSSR count). The molecular weight excluding hydrogens is 400 g/mol. The molecule has 2 fully saturated rings. The van der Waals surface area contributed by atoms with Gasteiger partial charge in [-0.15, -0.1) is 0 Å². The van der Waals surface area contributed by atoms with Gasteiger partial charge in [0.15, 0.2) is 0 Å². The average Bonchev–Trinajstić information content (AvgIpc) is 3.16. The number of carbonyl (C=O) groups excluding carboxylic acids is 3. The van der Waals surface area contributed by atoms with Gasteiger partial charge in [-0.2, -0.15) is 0 Å². The summed E-state index contributed by atoms with van der Waals surface area (Å²) in [5.74, 6) is -2.48. The fourth-order valence-corrected chi connectivity index (χ4v) is 5.33. The minimum Gasteiger partial charge on any atom is -0.465 e. The van der Waals surface area contributed by atoms with Crippen molar-refractivity contribution in [1.29, 1.82) is 0 Å². The number of ether oxygens (including phenoxy) is 2. The van der Waals surface area contributed by atoms with Gasteiger partial charge >= 0.3 is 5.97 Å². The van der Waals surface area contributed by atoms with Crippen molar-refractivity contribution in [1.82, 2.24) is 9.80 Å². The fraction of sp³-hybridized carbons (Fsp3) is 0.696. The highest BCUT2D eigenvalue weighted by Crippen LogP contribution is 2.53. The minimum atomic E-state index is -1.21. The van der Waals surface area contributed by atoms with Gasteiger partial charge in [0.2, 0.25) is 11.8 Å². The number of nitrogens with zero attached hydrogens (tertiary/aromatic N) is 2. The monoisotopic (exact) mass is 432 g/mol. The lowest BCUT2D eigenvalue weighted by Gasteiger charge is -2.35. The van der Waals surface area contributed by atoms with E-state index in [1.54, 1.807) is 4.90 Å². The van der Waals surface area contributed by atoms with E-state index < -0.39 is 35.6 Å². The third-order valence-corrected chi connectivity index (χ3v) is 6.77. The van der Waals surface area contributed by atoms with Crippen LogP contribution in [-0.2, 0) is 23.9 Å². The van der Waals surface area contributed by atoms with Crippen molar-refractivity contribution in [2.24, 2.45) is 11.8 Å². The lowest BCUT2D eigenvalue weighted by atomic mass is 9.78. The minimum absolute atomic E-state index is 0.0879. The van der Waals surface area contributed by atoms with Crippen molar-refractivity contribution in [3.8, 4) is 0 Å². The van der Waals surface area contributed by atoms with Gasteiger partial charge in [0.05, 0.1) is 18.6 Å². The summed E-state index contributed by atoms with van der Waals surface area (Å²) in [5, 5.41) is 9.37. The number of esters is 1. The number of allylic oxidation sites excluding steroid dienone is 1. The number of aliphatic hydroxyl groups excluding tert-OH is 1. The summed E-state index contributed by atoms with van der Waals surface area (Å²) in [4.78, 5) is 43.6. The van der Waals surface area contributed by atoms with E-state index in [1.807, 2.05) is 24.3 Å². The molecule has 5 atom stereocenters. The molecule has 2 unspecified atom stereocenters. The van der Waals surface area contributed by atoms with Crippen LogP contribution in [-0.4, -0.2) is 83.3 Å². The Hall–Kier alpha value is -2.19. The van der Waals surface area contributed by atoms with E-state index in [0.717, 1.165) is 25.7 Å². The van der Waals surface area contributed by atoms with E-state index in [4.69, 9.17) is 9.47 Å². The molecule has 0 bridgehead atoms. The first-order valence-corrected chi connectivity index (χ1v) is 11.4. The van der Waals surface area contributed by atoms with Gasteiger partial charge in [-0.3, -0.25) is 14.4 Å². The number of cyclic esters (lactones) is 1. The number of carbonyl (C=O) groups is 3. The molecule has 2 amide bonds. The number of aliphatic hydroxyl groups is 1. The molecule has 0 aromatic heterocycles. The molecule has 0 aromatic rings. The quantitative estimate of drug-likeness (QED) is 0.498. The van der Waals surface area contributed by atoms with Crippen LogP contribution >= 0.6 is 0 Å². The Morgan fingerprint density at radius 2 is 2.00 bits per heavy atom. The molecule has 31 heavy (non-hydrogen) atoms. The van der Waals surface area contributed by atoms with Crippen molar-refractivity contribution in [3.05, 3.63) is 24.3 Å². The molecule has 4 heterocycles. The van der Waals surface area contributed by atoms with E-state index in [9.17, 15) is 19.5 Å². The molecule has 0 aromatic carbocycles. The molecule has 0 aliphatic carbocycles. The van der Waals surface area contributed by atoms with E-state index in [-0.39, 0.29) is 25.0 Å². The Morgan fingerprint density at radius 3 is 2.77 bits per heavy atom. The van der Waals surface area contributed by atoms with Crippen LogP contribution in [0, 0.1) is 11.8 Å². The van der Waals surface area contributed by atoms with Gasteiger partial charge in [-0.25, -0.2) is 0 Å². The standard InChI is InChI=1S/C23H32N2O6/c1-2-3-11-24-12-7-10-23-18(20(27)25(13-8-14-26)19(23)21(24)28)17-16(31-23)9-5-4-6-15-30-22(17)29/h5,7,9-10,16-19,26H,2-4,6,8,11-15H2,1H3/b9-5-/t16-,17?,18+,19-,23?/m1/s1. The van der Waals surface area contributed by atoms with E-state index in [2.05, 4.69) is 6.92 Å². The zero-order chi connectivity index (χ0) is 22.0. The summed E-state index contributed by atoms with van der Waals surface area (Å²) >= 11 is 0. The van der Waals surface area contributed by atoms with E-state index in [1.165, 1.54) is 4.90 Å². The largest absolute Gasteiger partial charge is 0.465 e. The molecule has 170 valence electrons. The molecule has 0 saturated carbocycles. The van der Waals surface area contributed by atoms with Crippen LogP contribution in [0.15, 0.2) is 24.3 Å². The predicted molar refractivity (Wildman–Crippen MR) is 112 cm³/mol. The van der Waals surface area contributed by atoms with Crippen LogP contribution in [0.25, 0.3) is 0 Å². The Kier molecular flexibility index (Phi) is 6.48. The first-order chi connectivity index (χ1) is 15.0. The van der Waals surface area contributed by atoms with Crippen molar-refractivity contribution in [2.45, 2.75) is 56.8 Å². The summed E-state index contributed by atoms with van der Waals surface area (Å²) in [5.41, 5.74) is -1.21. The third kappa shape index (κ3) is 3.69. The second kappa shape index (κ2) is 9.12. The Balaban J connectivity index is 1.77. The van der Waals surface area contributed by atoms with Gasteiger partial charge in [-0.05, 0) is 25.7 Å². The Morgan fingerprint density at radius 1 is 1.16 bits per heavy atom. The number of rotatable bonds is 6. The van der Waals surface area contributed by atoms with Crippen molar-refractivity contribution in [3.63, 3.8) is 0 Å². The van der Waals surface area contributed by atoms with Gasteiger partial charge in [0.25, 0.3) is 0 Å². The molecule has 1 N–H and O–H groups in total. The van der Waals surface area contributed by atoms with Gasteiger partial charge in [-0.1, -0.05) is 37.6 Å². The van der Waals surface area contributed by atoms with Crippen LogP contribution in [0.1, 0.15) is 39.0 Å². The molecule has 2 saturated heterocycles. The summed E-state index contributed by atoms with van der Waals surface area (Å²) in [6.45, 7) is 3.58. The second-order valence-corrected chi connectivity index (χ2v) is 8.73. The smallest absolute Gasteiger partial charge is 0.312 e. The first-order valence-electron chi connectivity index (χ1n) is 11.4. The molecule has 4 aliphatic rings. The summed E-state index contributed by atoms with van der Waals surface area (Å²) in [6.07, 6.45) is 10.6. The van der Waals surface area contributed by atoms with Crippen molar-refractivity contribution >= 4 is 17.8 Å². The topological polar surface area (TPSA) is 96.4 Å². The highest BCUT2D eigenvalue weighted by atomic mass is 16.6. The molecular formula is C23H32N2O6. The lowest BCUT2D eigenvalue weighted by Crippen LogP contribution is -2.55. The van der Waals surface area contributed by atoms with Gasteiger partial charge in [0, 0.05) is 26.2 Å². The average molecular weight is 433 g/mol. The molecule has 8 nitrogen and oxygen atoms in total. The fourth-order valence-electron chi connectivity index (χ4n) is 5.33. The zero-order valence-corrected chi connectivity index (χ0v) is 18.1. The van der Waals surface area contributed by atoms with Crippen molar-refractivity contribution in [2.75, 3.05) is 32.8 Å². The number of hydrogen-bond donors (Lipinski definition) is 1. The second-order valence-electron chi connectivity index (χ2n) is 8.73. The number of amides is 2. The van der Waals surface area contributed by atoms with E-state index in [0.29, 0.717) is 26.1 Å². The SMILES string of the molecule is CCCCN1CC=CC23O[C@@H]4/C=C\CCCOC(=O)C4[C@H]2C(=O)N(CCCO)[C@@H]3C1=O. The molecule has 8 heteroatoms. The van der Waals surface area contributed by atoms with Crippen LogP contribution < -0.4 is 0 Å². The van der Waals surface area contributed by atoms with E-state index >= 15 is 0 Å². The maximum Gasteiger partial charge on any atom is 0.312 e. The Labute approximate surface area is 182 Å².